The van der Waals surface area contributed by atoms with E-state index in [2.05, 4.69) is 56.3 Å². The Bertz CT molecular complexity index is 1750. The second-order valence-electron chi connectivity index (χ2n) is 15.1. The van der Waals surface area contributed by atoms with Crippen molar-refractivity contribution in [2.75, 3.05) is 13.1 Å². The summed E-state index contributed by atoms with van der Waals surface area (Å²) in [6, 6.07) is 24.1. The number of hydrogen-bond acceptors (Lipinski definition) is 6. The van der Waals surface area contributed by atoms with Crippen molar-refractivity contribution >= 4 is 35.9 Å². The zero-order chi connectivity index (χ0) is 36.4. The Hall–Kier alpha value is -4.57. The number of aromatic nitrogens is 2. The molecule has 3 heterocycles. The van der Waals surface area contributed by atoms with E-state index in [1.54, 1.807) is 12.3 Å². The number of carbonyl (C=O) groups excluding carboxylic acids is 3. The molecule has 2 aromatic carbocycles. The van der Waals surface area contributed by atoms with E-state index >= 15 is 0 Å². The van der Waals surface area contributed by atoms with E-state index in [9.17, 15) is 14.4 Å². The van der Waals surface area contributed by atoms with E-state index in [0.717, 1.165) is 42.2 Å². The van der Waals surface area contributed by atoms with Crippen LogP contribution in [0.4, 0.5) is 0 Å². The smallest absolute Gasteiger partial charge is 0.270 e. The van der Waals surface area contributed by atoms with Crippen molar-refractivity contribution in [3.05, 3.63) is 108 Å². The molecular weight excluding hydrogens is 635 g/mol. The summed E-state index contributed by atoms with van der Waals surface area (Å²) in [5.41, 5.74) is 2.92. The third kappa shape index (κ3) is 11.2. The number of nitrogens with one attached hydrogen (secondary N) is 3. The summed E-state index contributed by atoms with van der Waals surface area (Å²) in [6.45, 7) is 11.3. The van der Waals surface area contributed by atoms with E-state index in [1.807, 2.05) is 95.4 Å². The van der Waals surface area contributed by atoms with Gasteiger partial charge < -0.3 is 16.0 Å². The van der Waals surface area contributed by atoms with Gasteiger partial charge in [-0.05, 0) is 88.2 Å². The maximum Gasteiger partial charge on any atom is 0.270 e. The summed E-state index contributed by atoms with van der Waals surface area (Å²) >= 11 is 0. The molecule has 5 rings (SSSR count). The molecule has 0 saturated carbocycles. The predicted molar refractivity (Wildman–Crippen MR) is 204 cm³/mol. The monoisotopic (exact) mass is 687 g/mol. The van der Waals surface area contributed by atoms with Gasteiger partial charge in [-0.25, -0.2) is 4.98 Å². The highest BCUT2D eigenvalue weighted by atomic mass is 16.2. The molecule has 4 atom stereocenters. The first-order valence-electron chi connectivity index (χ1n) is 18.2. The molecule has 0 aliphatic carbocycles. The number of amides is 3. The summed E-state index contributed by atoms with van der Waals surface area (Å²) in [7, 11) is 2.33. The molecule has 267 valence electrons. The fourth-order valence-electron chi connectivity index (χ4n) is 6.75. The van der Waals surface area contributed by atoms with Crippen LogP contribution in [0.3, 0.4) is 0 Å². The minimum absolute atomic E-state index is 0.0375. The lowest BCUT2D eigenvalue weighted by Gasteiger charge is -2.40. The molecule has 9 nitrogen and oxygen atoms in total. The fourth-order valence-corrected chi connectivity index (χ4v) is 6.75. The van der Waals surface area contributed by atoms with Gasteiger partial charge in [0.2, 0.25) is 11.8 Å². The maximum atomic E-state index is 13.9. The second kappa shape index (κ2) is 17.6. The third-order valence-corrected chi connectivity index (χ3v) is 9.47. The molecule has 0 spiro atoms. The Morgan fingerprint density at radius 2 is 1.67 bits per heavy atom. The molecule has 51 heavy (non-hydrogen) atoms. The second-order valence-corrected chi connectivity index (χ2v) is 15.1. The van der Waals surface area contributed by atoms with Gasteiger partial charge in [-0.1, -0.05) is 86.6 Å². The number of rotatable bonds is 14. The Kier molecular flexibility index (Phi) is 13.0. The molecule has 1 aliphatic rings. The number of nitrogens with zero attached hydrogens (tertiary/aromatic N) is 3. The van der Waals surface area contributed by atoms with E-state index in [1.165, 1.54) is 5.56 Å². The normalized spacial score (nSPS) is 17.8. The van der Waals surface area contributed by atoms with Gasteiger partial charge in [-0.3, -0.25) is 24.3 Å². The first-order chi connectivity index (χ1) is 24.4. The van der Waals surface area contributed by atoms with Crippen LogP contribution in [0.5, 0.6) is 0 Å². The molecule has 4 aromatic rings. The molecule has 10 heteroatoms. The average Bonchev–Trinajstić information content (AvgIpc) is 3.11. The van der Waals surface area contributed by atoms with Crippen LogP contribution in [-0.4, -0.2) is 76.6 Å². The number of fused-ring (bicyclic) bond motifs is 1. The zero-order valence-corrected chi connectivity index (χ0v) is 30.6. The summed E-state index contributed by atoms with van der Waals surface area (Å²) in [6.07, 6.45) is 7.47. The minimum Gasteiger partial charge on any atom is -0.351 e. The number of pyridine rings is 2. The standard InChI is InChI=1S/C41H52BN6O3/c1-28(2)37(46-38(49)35-18-17-31-15-9-10-16-34(31)45-35)40(51)44-33(24-29-12-7-6-8-13-29)20-23-48-22-19-32(42-26-30-14-11-21-43-27-30)25-36(48)39(50)47-41(3,4)5/h6-18,21,27-28,32-33,36-37H,19-20,22-26H2,1-5H3,(H,44,51)(H,46,49)(H,47,50)/t32-,33-,36+,37+/m1/s1. The molecule has 1 fully saturated rings. The van der Waals surface area contributed by atoms with Crippen molar-refractivity contribution in [3.8, 4) is 0 Å². The van der Waals surface area contributed by atoms with E-state index in [-0.39, 0.29) is 47.0 Å². The molecule has 3 N–H and O–H groups in total. The summed E-state index contributed by atoms with van der Waals surface area (Å²) in [4.78, 5) is 52.1. The molecule has 1 saturated heterocycles. The molecule has 1 aliphatic heterocycles. The van der Waals surface area contributed by atoms with Gasteiger partial charge in [0.1, 0.15) is 19.0 Å². The third-order valence-electron chi connectivity index (χ3n) is 9.47. The van der Waals surface area contributed by atoms with Crippen molar-refractivity contribution < 1.29 is 14.4 Å². The van der Waals surface area contributed by atoms with Crippen molar-refractivity contribution in [2.45, 2.75) is 96.1 Å². The molecule has 3 amide bonds. The molecule has 2 aromatic heterocycles. The van der Waals surface area contributed by atoms with Gasteiger partial charge in [0.15, 0.2) is 0 Å². The lowest BCUT2D eigenvalue weighted by Crippen LogP contribution is -2.56. The summed E-state index contributed by atoms with van der Waals surface area (Å²) < 4.78 is 0. The van der Waals surface area contributed by atoms with Crippen LogP contribution in [0, 0.1) is 5.92 Å². The number of para-hydroxylation sites is 1. The van der Waals surface area contributed by atoms with Crippen molar-refractivity contribution in [1.29, 1.82) is 0 Å². The molecule has 1 radical (unpaired) electrons. The maximum absolute atomic E-state index is 13.9. The quantitative estimate of drug-likeness (QED) is 0.149. The van der Waals surface area contributed by atoms with Crippen molar-refractivity contribution in [3.63, 3.8) is 0 Å². The number of hydrogen-bond donors (Lipinski definition) is 3. The van der Waals surface area contributed by atoms with E-state index < -0.39 is 6.04 Å². The average molecular weight is 688 g/mol. The lowest BCUT2D eigenvalue weighted by molar-refractivity contribution is -0.129. The van der Waals surface area contributed by atoms with Crippen molar-refractivity contribution in [1.82, 2.24) is 30.8 Å². The number of piperidine rings is 1. The number of likely N-dealkylation sites (tertiary alicyclic amines) is 1. The minimum atomic E-state index is -0.750. The first-order valence-corrected chi connectivity index (χ1v) is 18.2. The van der Waals surface area contributed by atoms with Crippen LogP contribution < -0.4 is 16.0 Å². The zero-order valence-electron chi connectivity index (χ0n) is 30.6. The van der Waals surface area contributed by atoms with Crippen LogP contribution in [-0.2, 0) is 22.3 Å². The van der Waals surface area contributed by atoms with E-state index in [4.69, 9.17) is 0 Å². The highest BCUT2D eigenvalue weighted by molar-refractivity contribution is 6.37. The van der Waals surface area contributed by atoms with E-state index in [0.29, 0.717) is 25.2 Å². The van der Waals surface area contributed by atoms with Gasteiger partial charge in [0, 0.05) is 35.9 Å². The topological polar surface area (TPSA) is 116 Å². The fraction of sp³-hybridized carbons (Fsp3) is 0.439. The highest BCUT2D eigenvalue weighted by Crippen LogP contribution is 2.29. The Labute approximate surface area is 303 Å². The van der Waals surface area contributed by atoms with Gasteiger partial charge in [-0.15, -0.1) is 0 Å². The predicted octanol–water partition coefficient (Wildman–Crippen LogP) is 5.57. The summed E-state index contributed by atoms with van der Waals surface area (Å²) in [5, 5.41) is 10.4. The Morgan fingerprint density at radius 1 is 0.922 bits per heavy atom. The van der Waals surface area contributed by atoms with Crippen molar-refractivity contribution in [2.24, 2.45) is 5.92 Å². The summed E-state index contributed by atoms with van der Waals surface area (Å²) in [5.74, 6) is -0.421. The molecule has 0 bridgehead atoms. The van der Waals surface area contributed by atoms with Crippen LogP contribution in [0.2, 0.25) is 5.82 Å². The molecular formula is C41H52BN6O3. The van der Waals surface area contributed by atoms with Gasteiger partial charge in [-0.2, -0.15) is 0 Å². The van der Waals surface area contributed by atoms with Crippen LogP contribution in [0.15, 0.2) is 91.3 Å². The number of benzene rings is 2. The Morgan fingerprint density at radius 3 is 2.39 bits per heavy atom. The van der Waals surface area contributed by atoms with Gasteiger partial charge in [0.05, 0.1) is 11.6 Å². The van der Waals surface area contributed by atoms with Crippen LogP contribution in [0.1, 0.15) is 75.5 Å². The van der Waals surface area contributed by atoms with Crippen LogP contribution >= 0.6 is 0 Å². The first kappa shape index (κ1) is 37.7. The highest BCUT2D eigenvalue weighted by Gasteiger charge is 2.35. The Balaban J connectivity index is 1.28. The van der Waals surface area contributed by atoms with Crippen LogP contribution in [0.25, 0.3) is 10.9 Å². The van der Waals surface area contributed by atoms with Gasteiger partial charge >= 0.3 is 0 Å². The lowest BCUT2D eigenvalue weighted by atomic mass is 9.56. The number of carbonyl (C=O) groups is 3. The SMILES string of the molecule is CC(C)[C@H](NC(=O)c1ccc2ccccc2n1)C(=O)N[C@H](CCN1CC[C@@H]([B]Cc2cccnc2)C[C@H]1C(=O)NC(C)(C)C)Cc1ccccc1. The molecule has 0 unspecified atom stereocenters. The van der Waals surface area contributed by atoms with Gasteiger partial charge in [0.25, 0.3) is 5.91 Å². The largest absolute Gasteiger partial charge is 0.351 e.